The summed E-state index contributed by atoms with van der Waals surface area (Å²) < 4.78 is 24.1. The summed E-state index contributed by atoms with van der Waals surface area (Å²) in [4.78, 5) is 10.8. The quantitative estimate of drug-likeness (QED) is 0.896. The molecule has 0 fully saturated rings. The normalized spacial score (nSPS) is 12.7. The van der Waals surface area contributed by atoms with E-state index in [0.29, 0.717) is 5.56 Å². The van der Waals surface area contributed by atoms with Gasteiger partial charge in [0.1, 0.15) is 0 Å². The summed E-state index contributed by atoms with van der Waals surface area (Å²) in [5.41, 5.74) is 0.412. The zero-order chi connectivity index (χ0) is 13.9. The van der Waals surface area contributed by atoms with Crippen molar-refractivity contribution in [3.8, 4) is 6.07 Å². The molecular weight excluding hydrogens is 254 g/mol. The van der Waals surface area contributed by atoms with Gasteiger partial charge in [0.15, 0.2) is 15.1 Å². The molecule has 1 unspecified atom stereocenters. The van der Waals surface area contributed by atoms with Crippen molar-refractivity contribution in [2.45, 2.75) is 30.4 Å². The van der Waals surface area contributed by atoms with Crippen LogP contribution in [0, 0.1) is 18.3 Å². The molecule has 1 atom stereocenters. The van der Waals surface area contributed by atoms with Crippen molar-refractivity contribution in [3.63, 3.8) is 0 Å². The summed E-state index contributed by atoms with van der Waals surface area (Å²) in [5, 5.41) is 16.6. The average molecular weight is 267 g/mol. The van der Waals surface area contributed by atoms with Crippen molar-refractivity contribution < 1.29 is 18.3 Å². The molecule has 0 aromatic heterocycles. The summed E-state index contributed by atoms with van der Waals surface area (Å²) in [5.74, 6) is -1.19. The molecule has 0 saturated carbocycles. The van der Waals surface area contributed by atoms with Crippen molar-refractivity contribution in [1.82, 2.24) is 0 Å². The molecule has 1 rings (SSSR count). The Kier molecular flexibility index (Phi) is 4.09. The van der Waals surface area contributed by atoms with E-state index in [0.717, 1.165) is 6.07 Å². The minimum atomic E-state index is -3.80. The average Bonchev–Trinajstić information content (AvgIpc) is 2.30. The van der Waals surface area contributed by atoms with Crippen molar-refractivity contribution in [2.24, 2.45) is 0 Å². The van der Waals surface area contributed by atoms with Gasteiger partial charge in [-0.15, -0.1) is 0 Å². The summed E-state index contributed by atoms with van der Waals surface area (Å²) in [7, 11) is -3.80. The van der Waals surface area contributed by atoms with Crippen molar-refractivity contribution >= 4 is 15.8 Å². The molecule has 0 aliphatic rings. The number of carbonyl (C=O) groups is 1. The molecule has 0 aliphatic heterocycles. The minimum absolute atomic E-state index is 0.0659. The zero-order valence-electron chi connectivity index (χ0n) is 10.0. The number of nitrogens with zero attached hydrogens (tertiary/aromatic N) is 1. The van der Waals surface area contributed by atoms with Crippen LogP contribution in [-0.4, -0.2) is 24.7 Å². The predicted octanol–water partition coefficient (Wildman–Crippen LogP) is 1.77. The van der Waals surface area contributed by atoms with Gasteiger partial charge in [-0.3, -0.25) is 0 Å². The van der Waals surface area contributed by atoms with E-state index in [1.54, 1.807) is 19.9 Å². The highest BCUT2D eigenvalue weighted by Crippen LogP contribution is 2.21. The Bertz CT molecular complexity index is 613. The third kappa shape index (κ3) is 2.51. The van der Waals surface area contributed by atoms with Gasteiger partial charge in [0.05, 0.1) is 16.5 Å². The van der Waals surface area contributed by atoms with Gasteiger partial charge in [0.25, 0.3) is 0 Å². The highest BCUT2D eigenvalue weighted by Gasteiger charge is 2.26. The van der Waals surface area contributed by atoms with Crippen LogP contribution in [0.3, 0.4) is 0 Å². The van der Waals surface area contributed by atoms with Gasteiger partial charge in [-0.2, -0.15) is 5.26 Å². The first kappa shape index (κ1) is 14.2. The molecule has 96 valence electrons. The SMILES string of the molecule is CCC(C#N)S(=O)(=O)c1ccc(C)c(C(=O)O)c1. The number of sulfone groups is 1. The third-order valence-corrected chi connectivity index (χ3v) is 4.76. The Labute approximate surface area is 106 Å². The lowest BCUT2D eigenvalue weighted by atomic mass is 10.1. The number of carboxylic acid groups (broad SMARTS) is 1. The number of nitriles is 1. The van der Waals surface area contributed by atoms with E-state index in [-0.39, 0.29) is 16.9 Å². The Morgan fingerprint density at radius 2 is 2.11 bits per heavy atom. The third-order valence-electron chi connectivity index (χ3n) is 2.66. The first-order chi connectivity index (χ1) is 8.34. The molecule has 6 heteroatoms. The molecular formula is C12H13NO4S. The fourth-order valence-corrected chi connectivity index (χ4v) is 3.00. The van der Waals surface area contributed by atoms with Gasteiger partial charge in [-0.25, -0.2) is 13.2 Å². The molecule has 0 bridgehead atoms. The summed E-state index contributed by atoms with van der Waals surface area (Å²) >= 11 is 0. The van der Waals surface area contributed by atoms with Crippen molar-refractivity contribution in [1.29, 1.82) is 5.26 Å². The smallest absolute Gasteiger partial charge is 0.335 e. The van der Waals surface area contributed by atoms with Crippen LogP contribution in [0.15, 0.2) is 23.1 Å². The van der Waals surface area contributed by atoms with Crippen LogP contribution in [0.2, 0.25) is 0 Å². The molecule has 0 heterocycles. The van der Waals surface area contributed by atoms with E-state index in [1.807, 2.05) is 0 Å². The lowest BCUT2D eigenvalue weighted by Crippen LogP contribution is -2.19. The standard InChI is InChI=1S/C12H13NO4S/c1-3-9(7-13)18(16,17)10-5-4-8(2)11(6-10)12(14)15/h4-6,9H,3H2,1-2H3,(H,14,15). The Morgan fingerprint density at radius 1 is 1.50 bits per heavy atom. The molecule has 18 heavy (non-hydrogen) atoms. The first-order valence-corrected chi connectivity index (χ1v) is 6.86. The second-order valence-corrected chi connectivity index (χ2v) is 5.98. The second kappa shape index (κ2) is 5.19. The van der Waals surface area contributed by atoms with Crippen LogP contribution in [0.25, 0.3) is 0 Å². The Balaban J connectivity index is 3.40. The maximum atomic E-state index is 12.1. The molecule has 0 radical (unpaired) electrons. The molecule has 0 saturated heterocycles. The van der Waals surface area contributed by atoms with Crippen LogP contribution < -0.4 is 0 Å². The lowest BCUT2D eigenvalue weighted by Gasteiger charge is -2.10. The lowest BCUT2D eigenvalue weighted by molar-refractivity contribution is 0.0696. The van der Waals surface area contributed by atoms with Crippen LogP contribution in [0.5, 0.6) is 0 Å². The van der Waals surface area contributed by atoms with Crippen LogP contribution >= 0.6 is 0 Å². The number of rotatable bonds is 4. The van der Waals surface area contributed by atoms with Crippen LogP contribution in [-0.2, 0) is 9.84 Å². The summed E-state index contributed by atoms with van der Waals surface area (Å²) in [6, 6.07) is 5.58. The maximum Gasteiger partial charge on any atom is 0.335 e. The van der Waals surface area contributed by atoms with Gasteiger partial charge >= 0.3 is 5.97 Å². The molecule has 0 amide bonds. The second-order valence-electron chi connectivity index (χ2n) is 3.85. The highest BCUT2D eigenvalue weighted by atomic mass is 32.2. The van der Waals surface area contributed by atoms with Crippen LogP contribution in [0.1, 0.15) is 29.3 Å². The molecule has 1 aromatic carbocycles. The number of aryl methyl sites for hydroxylation is 1. The molecule has 0 spiro atoms. The number of aromatic carboxylic acids is 1. The fourth-order valence-electron chi connectivity index (χ4n) is 1.55. The van der Waals surface area contributed by atoms with Gasteiger partial charge < -0.3 is 5.11 Å². The van der Waals surface area contributed by atoms with Crippen molar-refractivity contribution in [3.05, 3.63) is 29.3 Å². The van der Waals surface area contributed by atoms with E-state index in [2.05, 4.69) is 0 Å². The number of hydrogen-bond acceptors (Lipinski definition) is 4. The van der Waals surface area contributed by atoms with Gasteiger partial charge in [-0.1, -0.05) is 13.0 Å². The largest absolute Gasteiger partial charge is 0.478 e. The van der Waals surface area contributed by atoms with Crippen molar-refractivity contribution in [2.75, 3.05) is 0 Å². The minimum Gasteiger partial charge on any atom is -0.478 e. The zero-order valence-corrected chi connectivity index (χ0v) is 10.9. The summed E-state index contributed by atoms with van der Waals surface area (Å²) in [6.07, 6.45) is 0.162. The van der Waals surface area contributed by atoms with Crippen LogP contribution in [0.4, 0.5) is 0 Å². The predicted molar refractivity (Wildman–Crippen MR) is 65.0 cm³/mol. The molecule has 5 nitrogen and oxygen atoms in total. The molecule has 0 aliphatic carbocycles. The van der Waals surface area contributed by atoms with Gasteiger partial charge in [0, 0.05) is 0 Å². The Hall–Kier alpha value is -1.87. The summed E-state index contributed by atoms with van der Waals surface area (Å²) in [6.45, 7) is 3.18. The Morgan fingerprint density at radius 3 is 2.56 bits per heavy atom. The van der Waals surface area contributed by atoms with E-state index in [1.165, 1.54) is 12.1 Å². The van der Waals surface area contributed by atoms with Gasteiger partial charge in [-0.05, 0) is 31.0 Å². The van der Waals surface area contributed by atoms with Gasteiger partial charge in [0.2, 0.25) is 0 Å². The fraction of sp³-hybridized carbons (Fsp3) is 0.333. The molecule has 1 aromatic rings. The maximum absolute atomic E-state index is 12.1. The first-order valence-electron chi connectivity index (χ1n) is 5.32. The number of hydrogen-bond donors (Lipinski definition) is 1. The topological polar surface area (TPSA) is 95.2 Å². The van der Waals surface area contributed by atoms with E-state index in [4.69, 9.17) is 10.4 Å². The van der Waals surface area contributed by atoms with E-state index < -0.39 is 21.1 Å². The molecule has 1 N–H and O–H groups in total. The van der Waals surface area contributed by atoms with E-state index >= 15 is 0 Å². The number of carboxylic acids is 1. The van der Waals surface area contributed by atoms with E-state index in [9.17, 15) is 13.2 Å². The highest BCUT2D eigenvalue weighted by molar-refractivity contribution is 7.92. The monoisotopic (exact) mass is 267 g/mol. The number of benzene rings is 1.